The van der Waals surface area contributed by atoms with Crippen LogP contribution >= 0.6 is 0 Å². The minimum Gasteiger partial charge on any atom is -0.352 e. The quantitative estimate of drug-likeness (QED) is 0.762. The SMILES string of the molecule is CC(C)(CNC(=O)C1CNC(=O)N1)N1CCc2ccccc2C1. The number of urea groups is 1. The fourth-order valence-electron chi connectivity index (χ4n) is 3.16. The molecular weight excluding hydrogens is 292 g/mol. The first-order valence-electron chi connectivity index (χ1n) is 8.10. The number of nitrogens with zero attached hydrogens (tertiary/aromatic N) is 1. The molecule has 0 saturated carbocycles. The van der Waals surface area contributed by atoms with E-state index in [1.807, 2.05) is 0 Å². The summed E-state index contributed by atoms with van der Waals surface area (Å²) in [6.07, 6.45) is 1.04. The molecule has 3 N–H and O–H groups in total. The van der Waals surface area contributed by atoms with Crippen LogP contribution in [-0.2, 0) is 17.8 Å². The number of carbonyl (C=O) groups is 2. The lowest BCUT2D eigenvalue weighted by molar-refractivity contribution is -0.123. The average Bonchev–Trinajstić information content (AvgIpc) is 2.99. The zero-order valence-electron chi connectivity index (χ0n) is 13.7. The van der Waals surface area contributed by atoms with Crippen LogP contribution < -0.4 is 16.0 Å². The van der Waals surface area contributed by atoms with Crippen molar-refractivity contribution in [3.05, 3.63) is 35.4 Å². The van der Waals surface area contributed by atoms with Gasteiger partial charge in [0.2, 0.25) is 5.91 Å². The largest absolute Gasteiger partial charge is 0.352 e. The van der Waals surface area contributed by atoms with Crippen molar-refractivity contribution in [2.45, 2.75) is 38.4 Å². The maximum Gasteiger partial charge on any atom is 0.315 e. The third kappa shape index (κ3) is 3.47. The minimum atomic E-state index is -0.472. The maximum absolute atomic E-state index is 12.1. The molecule has 1 aromatic rings. The Kier molecular flexibility index (Phi) is 4.26. The van der Waals surface area contributed by atoms with Crippen LogP contribution in [0.3, 0.4) is 0 Å². The Morgan fingerprint density at radius 3 is 2.78 bits per heavy atom. The Morgan fingerprint density at radius 2 is 2.09 bits per heavy atom. The summed E-state index contributed by atoms with van der Waals surface area (Å²) in [5.74, 6) is -0.131. The van der Waals surface area contributed by atoms with E-state index in [9.17, 15) is 9.59 Å². The molecule has 0 spiro atoms. The van der Waals surface area contributed by atoms with E-state index in [1.165, 1.54) is 11.1 Å². The van der Waals surface area contributed by atoms with Crippen LogP contribution in [0.5, 0.6) is 0 Å². The number of fused-ring (bicyclic) bond motifs is 1. The molecule has 0 aromatic heterocycles. The van der Waals surface area contributed by atoms with Crippen LogP contribution in [0.4, 0.5) is 4.79 Å². The molecule has 2 aliphatic rings. The highest BCUT2D eigenvalue weighted by Gasteiger charge is 2.32. The van der Waals surface area contributed by atoms with Crippen LogP contribution in [0.15, 0.2) is 24.3 Å². The van der Waals surface area contributed by atoms with Crippen LogP contribution in [0, 0.1) is 0 Å². The van der Waals surface area contributed by atoms with E-state index in [0.717, 1.165) is 19.5 Å². The normalized spacial score (nSPS) is 21.3. The van der Waals surface area contributed by atoms with Gasteiger partial charge in [-0.15, -0.1) is 0 Å². The van der Waals surface area contributed by atoms with E-state index in [2.05, 4.69) is 59.0 Å². The third-order valence-electron chi connectivity index (χ3n) is 4.77. The summed E-state index contributed by atoms with van der Waals surface area (Å²) in [6.45, 7) is 7.09. The Balaban J connectivity index is 1.57. The van der Waals surface area contributed by atoms with Gasteiger partial charge in [0, 0.05) is 31.7 Å². The monoisotopic (exact) mass is 316 g/mol. The summed E-state index contributed by atoms with van der Waals surface area (Å²) >= 11 is 0. The Hall–Kier alpha value is -2.08. The molecule has 124 valence electrons. The fourth-order valence-corrected chi connectivity index (χ4v) is 3.16. The van der Waals surface area contributed by atoms with Gasteiger partial charge in [0.05, 0.1) is 0 Å². The van der Waals surface area contributed by atoms with Crippen molar-refractivity contribution in [3.8, 4) is 0 Å². The van der Waals surface area contributed by atoms with Gasteiger partial charge in [0.1, 0.15) is 6.04 Å². The van der Waals surface area contributed by atoms with Gasteiger partial charge in [0.15, 0.2) is 0 Å². The standard InChI is InChI=1S/C17H24N4O2/c1-17(2,11-19-15(22)14-9-18-16(23)20-14)21-8-7-12-5-3-4-6-13(12)10-21/h3-6,14H,7-11H2,1-2H3,(H,19,22)(H2,18,20,23). The van der Waals surface area contributed by atoms with Crippen molar-refractivity contribution in [1.82, 2.24) is 20.9 Å². The molecule has 1 fully saturated rings. The number of hydrogen-bond donors (Lipinski definition) is 3. The molecule has 0 bridgehead atoms. The summed E-state index contributed by atoms with van der Waals surface area (Å²) in [5, 5.41) is 8.18. The Morgan fingerprint density at radius 1 is 1.35 bits per heavy atom. The second-order valence-corrected chi connectivity index (χ2v) is 6.88. The van der Waals surface area contributed by atoms with Crippen LogP contribution in [0.1, 0.15) is 25.0 Å². The van der Waals surface area contributed by atoms with Crippen molar-refractivity contribution in [3.63, 3.8) is 0 Å². The lowest BCUT2D eigenvalue weighted by Crippen LogP contribution is -2.55. The molecule has 23 heavy (non-hydrogen) atoms. The molecular formula is C17H24N4O2. The van der Waals surface area contributed by atoms with Gasteiger partial charge in [-0.3, -0.25) is 9.69 Å². The molecule has 1 saturated heterocycles. The average molecular weight is 316 g/mol. The van der Waals surface area contributed by atoms with Gasteiger partial charge in [0.25, 0.3) is 0 Å². The van der Waals surface area contributed by atoms with Crippen molar-refractivity contribution in [2.75, 3.05) is 19.6 Å². The van der Waals surface area contributed by atoms with E-state index < -0.39 is 6.04 Å². The second-order valence-electron chi connectivity index (χ2n) is 6.88. The van der Waals surface area contributed by atoms with Crippen molar-refractivity contribution >= 4 is 11.9 Å². The summed E-state index contributed by atoms with van der Waals surface area (Å²) in [5.41, 5.74) is 2.65. The van der Waals surface area contributed by atoms with Crippen LogP contribution in [0.2, 0.25) is 0 Å². The fraction of sp³-hybridized carbons (Fsp3) is 0.529. The predicted octanol–water partition coefficient (Wildman–Crippen LogP) is 0.621. The van der Waals surface area contributed by atoms with E-state index >= 15 is 0 Å². The summed E-state index contributed by atoms with van der Waals surface area (Å²) in [7, 11) is 0. The molecule has 2 heterocycles. The van der Waals surface area contributed by atoms with Crippen LogP contribution in [0.25, 0.3) is 0 Å². The molecule has 2 aliphatic heterocycles. The molecule has 0 aliphatic carbocycles. The van der Waals surface area contributed by atoms with Gasteiger partial charge in [-0.1, -0.05) is 24.3 Å². The van der Waals surface area contributed by atoms with Gasteiger partial charge < -0.3 is 16.0 Å². The third-order valence-corrected chi connectivity index (χ3v) is 4.77. The van der Waals surface area contributed by atoms with Gasteiger partial charge in [-0.2, -0.15) is 0 Å². The molecule has 6 heteroatoms. The van der Waals surface area contributed by atoms with Gasteiger partial charge >= 0.3 is 6.03 Å². The molecule has 0 radical (unpaired) electrons. The number of nitrogens with one attached hydrogen (secondary N) is 3. The minimum absolute atomic E-state index is 0.131. The molecule has 3 rings (SSSR count). The predicted molar refractivity (Wildman–Crippen MR) is 88.0 cm³/mol. The summed E-state index contributed by atoms with van der Waals surface area (Å²) in [6, 6.07) is 7.78. The number of hydrogen-bond acceptors (Lipinski definition) is 3. The van der Waals surface area contributed by atoms with E-state index in [0.29, 0.717) is 13.1 Å². The highest BCUT2D eigenvalue weighted by Crippen LogP contribution is 2.24. The highest BCUT2D eigenvalue weighted by atomic mass is 16.2. The number of benzene rings is 1. The Bertz CT molecular complexity index is 614. The first-order chi connectivity index (χ1) is 11.0. The Labute approximate surface area is 136 Å². The molecule has 1 aromatic carbocycles. The summed E-state index contributed by atoms with van der Waals surface area (Å²) in [4.78, 5) is 25.7. The first-order valence-corrected chi connectivity index (χ1v) is 8.10. The lowest BCUT2D eigenvalue weighted by Gasteiger charge is -2.41. The summed E-state index contributed by atoms with van der Waals surface area (Å²) < 4.78 is 0. The van der Waals surface area contributed by atoms with Crippen molar-refractivity contribution in [2.24, 2.45) is 0 Å². The zero-order valence-corrected chi connectivity index (χ0v) is 13.7. The molecule has 1 unspecified atom stereocenters. The van der Waals surface area contributed by atoms with Gasteiger partial charge in [-0.25, -0.2) is 4.79 Å². The van der Waals surface area contributed by atoms with Crippen molar-refractivity contribution < 1.29 is 9.59 Å². The first kappa shape index (κ1) is 15.8. The van der Waals surface area contributed by atoms with Crippen molar-refractivity contribution in [1.29, 1.82) is 0 Å². The van der Waals surface area contributed by atoms with E-state index in [-0.39, 0.29) is 17.5 Å². The topological polar surface area (TPSA) is 73.5 Å². The van der Waals surface area contributed by atoms with Gasteiger partial charge in [-0.05, 0) is 31.4 Å². The lowest BCUT2D eigenvalue weighted by atomic mass is 9.94. The molecule has 3 amide bonds. The number of rotatable bonds is 4. The number of amides is 3. The molecule has 6 nitrogen and oxygen atoms in total. The molecule has 1 atom stereocenters. The second kappa shape index (κ2) is 6.20. The number of carbonyl (C=O) groups excluding carboxylic acids is 2. The van der Waals surface area contributed by atoms with Crippen LogP contribution in [-0.4, -0.2) is 48.1 Å². The van der Waals surface area contributed by atoms with E-state index in [4.69, 9.17) is 0 Å². The smallest absolute Gasteiger partial charge is 0.315 e. The zero-order chi connectivity index (χ0) is 16.4. The van der Waals surface area contributed by atoms with E-state index in [1.54, 1.807) is 0 Å². The highest BCUT2D eigenvalue weighted by molar-refractivity contribution is 5.90. The maximum atomic E-state index is 12.1.